The molecule has 4 aromatic carbocycles. The molecule has 0 radical (unpaired) electrons. The van der Waals surface area contributed by atoms with E-state index >= 15 is 0 Å². The van der Waals surface area contributed by atoms with E-state index in [9.17, 15) is 0 Å². The summed E-state index contributed by atoms with van der Waals surface area (Å²) in [5.74, 6) is 0.881. The Morgan fingerprint density at radius 2 is 1.39 bits per heavy atom. The average Bonchev–Trinajstić information content (AvgIpc) is 2.60. The molecule has 4 rings (SSSR count). The van der Waals surface area contributed by atoms with Crippen LogP contribution in [-0.4, -0.2) is 7.11 Å². The summed E-state index contributed by atoms with van der Waals surface area (Å²) in [7, 11) is 1.72. The molecular formula is C21H15LiO. The van der Waals surface area contributed by atoms with Crippen molar-refractivity contribution < 1.29 is 23.6 Å². The first-order valence-corrected chi connectivity index (χ1v) is 7.34. The van der Waals surface area contributed by atoms with Crippen LogP contribution in [0.5, 0.6) is 5.75 Å². The van der Waals surface area contributed by atoms with Crippen LogP contribution in [0.1, 0.15) is 0 Å². The molecule has 1 nitrogen and oxygen atoms in total. The molecule has 0 aromatic heterocycles. The van der Waals surface area contributed by atoms with Crippen LogP contribution >= 0.6 is 0 Å². The monoisotopic (exact) mass is 290 g/mol. The predicted octanol–water partition coefficient (Wildman–Crippen LogP) is 2.47. The van der Waals surface area contributed by atoms with Gasteiger partial charge in [-0.05, 0) is 22.4 Å². The summed E-state index contributed by atoms with van der Waals surface area (Å²) in [4.78, 5) is 0. The van der Waals surface area contributed by atoms with Gasteiger partial charge in [0.1, 0.15) is 0 Å². The zero-order valence-corrected chi connectivity index (χ0v) is 13.3. The van der Waals surface area contributed by atoms with Gasteiger partial charge in [-0.15, -0.1) is 34.5 Å². The van der Waals surface area contributed by atoms with E-state index in [4.69, 9.17) is 4.74 Å². The van der Waals surface area contributed by atoms with E-state index in [1.54, 1.807) is 7.11 Å². The fraction of sp³-hybridized carbons (Fsp3) is 0.0476. The number of ether oxygens (including phenoxy) is 1. The zero-order chi connectivity index (χ0) is 14.9. The summed E-state index contributed by atoms with van der Waals surface area (Å²) in [6.45, 7) is 0. The first kappa shape index (κ1) is 15.7. The van der Waals surface area contributed by atoms with Crippen LogP contribution in [0.2, 0.25) is 0 Å². The van der Waals surface area contributed by atoms with Crippen LogP contribution in [0, 0.1) is 6.07 Å². The molecule has 0 unspecified atom stereocenters. The molecule has 0 heterocycles. The molecule has 0 aliphatic rings. The maximum Gasteiger partial charge on any atom is 1.00 e. The van der Waals surface area contributed by atoms with Gasteiger partial charge in [0, 0.05) is 0 Å². The van der Waals surface area contributed by atoms with E-state index in [-0.39, 0.29) is 18.9 Å². The van der Waals surface area contributed by atoms with Crippen LogP contribution < -0.4 is 23.6 Å². The minimum Gasteiger partial charge on any atom is -0.506 e. The number of benzene rings is 4. The summed E-state index contributed by atoms with van der Waals surface area (Å²) in [5, 5.41) is 4.81. The van der Waals surface area contributed by atoms with E-state index in [0.717, 1.165) is 16.9 Å². The third-order valence-corrected chi connectivity index (χ3v) is 4.08. The van der Waals surface area contributed by atoms with Gasteiger partial charge >= 0.3 is 18.9 Å². The molecule has 0 N–H and O–H groups in total. The molecule has 0 atom stereocenters. The van der Waals surface area contributed by atoms with Crippen LogP contribution in [0.25, 0.3) is 32.7 Å². The van der Waals surface area contributed by atoms with E-state index in [0.29, 0.717) is 0 Å². The van der Waals surface area contributed by atoms with Gasteiger partial charge in [0.25, 0.3) is 0 Å². The predicted molar refractivity (Wildman–Crippen MR) is 92.3 cm³/mol. The molecule has 0 saturated carbocycles. The van der Waals surface area contributed by atoms with Gasteiger partial charge in [-0.2, -0.15) is 0 Å². The van der Waals surface area contributed by atoms with Crippen molar-refractivity contribution in [1.29, 1.82) is 0 Å². The van der Waals surface area contributed by atoms with E-state index in [1.165, 1.54) is 21.5 Å². The van der Waals surface area contributed by atoms with Crippen molar-refractivity contribution in [1.82, 2.24) is 0 Å². The number of fused-ring (bicyclic) bond motifs is 2. The van der Waals surface area contributed by atoms with E-state index < -0.39 is 0 Å². The standard InChI is InChI=1S/C21H15O.Li/c1-22-20-14-13-16-8-3-5-11-18(16)21(20)19-12-6-9-15-7-2-4-10-17(15)19;/h2-11,13-14H,1H3;/q-1;+1. The Balaban J connectivity index is 0.00000156. The summed E-state index contributed by atoms with van der Waals surface area (Å²) in [5.41, 5.74) is 2.20. The molecule has 0 spiro atoms. The summed E-state index contributed by atoms with van der Waals surface area (Å²) in [6, 6.07) is 28.4. The molecule has 0 fully saturated rings. The summed E-state index contributed by atoms with van der Waals surface area (Å²) < 4.78 is 5.64. The third kappa shape index (κ3) is 2.63. The minimum atomic E-state index is 0. The smallest absolute Gasteiger partial charge is 0.506 e. The Morgan fingerprint density at radius 3 is 2.13 bits per heavy atom. The van der Waals surface area contributed by atoms with Gasteiger partial charge in [0.2, 0.25) is 0 Å². The van der Waals surface area contributed by atoms with Crippen LogP contribution in [-0.2, 0) is 0 Å². The number of hydrogen-bond donors (Lipinski definition) is 0. The molecule has 0 saturated heterocycles. The van der Waals surface area contributed by atoms with Crippen molar-refractivity contribution in [2.24, 2.45) is 0 Å². The third-order valence-electron chi connectivity index (χ3n) is 4.08. The largest absolute Gasteiger partial charge is 1.00 e. The molecule has 23 heavy (non-hydrogen) atoms. The normalized spacial score (nSPS) is 10.5. The molecule has 4 aromatic rings. The molecule has 2 heteroatoms. The number of rotatable bonds is 2. The van der Waals surface area contributed by atoms with Gasteiger partial charge in [-0.1, -0.05) is 54.6 Å². The van der Waals surface area contributed by atoms with Crippen molar-refractivity contribution in [2.75, 3.05) is 7.11 Å². The minimum absolute atomic E-state index is 0. The Hall–Kier alpha value is -2.20. The second-order valence-electron chi connectivity index (χ2n) is 5.30. The molecule has 0 aliphatic heterocycles. The van der Waals surface area contributed by atoms with Crippen molar-refractivity contribution in [2.45, 2.75) is 0 Å². The van der Waals surface area contributed by atoms with Gasteiger partial charge < -0.3 is 4.74 Å². The fourth-order valence-corrected chi connectivity index (χ4v) is 3.05. The number of hydrogen-bond acceptors (Lipinski definition) is 1. The topological polar surface area (TPSA) is 9.23 Å². The van der Waals surface area contributed by atoms with Crippen LogP contribution in [0.3, 0.4) is 0 Å². The average molecular weight is 290 g/mol. The maximum atomic E-state index is 5.64. The summed E-state index contributed by atoms with van der Waals surface area (Å²) in [6.07, 6.45) is 0. The fourth-order valence-electron chi connectivity index (χ4n) is 3.05. The second-order valence-corrected chi connectivity index (χ2v) is 5.30. The quantitative estimate of drug-likeness (QED) is 0.407. The van der Waals surface area contributed by atoms with Gasteiger partial charge in [-0.25, -0.2) is 0 Å². The van der Waals surface area contributed by atoms with Crippen molar-refractivity contribution in [3.8, 4) is 16.9 Å². The van der Waals surface area contributed by atoms with Gasteiger partial charge in [-0.3, -0.25) is 0 Å². The van der Waals surface area contributed by atoms with Gasteiger partial charge in [0.15, 0.2) is 0 Å². The Labute approximate surface area is 148 Å². The first-order chi connectivity index (χ1) is 10.9. The molecule has 106 valence electrons. The van der Waals surface area contributed by atoms with Crippen LogP contribution in [0.15, 0.2) is 72.8 Å². The molecular weight excluding hydrogens is 275 g/mol. The Morgan fingerprint density at radius 1 is 0.739 bits per heavy atom. The molecule has 0 aliphatic carbocycles. The second kappa shape index (κ2) is 6.50. The van der Waals surface area contributed by atoms with Crippen LogP contribution in [0.4, 0.5) is 0 Å². The van der Waals surface area contributed by atoms with E-state index in [1.807, 2.05) is 12.1 Å². The SMILES string of the molecule is COc1ccc2ccccc2c1-c1[c-]ccc2ccccc12.[Li+]. The Bertz CT molecular complexity index is 970. The molecule has 0 amide bonds. The zero-order valence-electron chi connectivity index (χ0n) is 13.3. The van der Waals surface area contributed by atoms with Gasteiger partial charge in [0.05, 0.1) is 12.9 Å². The maximum absolute atomic E-state index is 5.64. The molecule has 0 bridgehead atoms. The van der Waals surface area contributed by atoms with Crippen molar-refractivity contribution in [3.05, 3.63) is 78.9 Å². The Kier molecular flexibility index (Phi) is 4.43. The first-order valence-electron chi connectivity index (χ1n) is 7.34. The van der Waals surface area contributed by atoms with E-state index in [2.05, 4.69) is 66.7 Å². The number of methoxy groups -OCH3 is 1. The van der Waals surface area contributed by atoms with Crippen molar-refractivity contribution >= 4 is 21.5 Å². The summed E-state index contributed by atoms with van der Waals surface area (Å²) >= 11 is 0. The van der Waals surface area contributed by atoms with Crippen molar-refractivity contribution in [3.63, 3.8) is 0 Å².